The Kier molecular flexibility index (Phi) is 4.98. The van der Waals surface area contributed by atoms with E-state index in [1.807, 2.05) is 55.5 Å². The van der Waals surface area contributed by atoms with Crippen molar-refractivity contribution in [2.45, 2.75) is 6.92 Å². The normalized spacial score (nSPS) is 14.0. The SMILES string of the molecule is COC(=O)N(/C(=C1\C(=O)Nc2ccc(N)cc21)c1ccccc1)c1cccc(C)c1. The second kappa shape index (κ2) is 7.75. The molecule has 0 radical (unpaired) electrons. The van der Waals surface area contributed by atoms with E-state index in [4.69, 9.17) is 10.5 Å². The minimum Gasteiger partial charge on any atom is -0.452 e. The van der Waals surface area contributed by atoms with Crippen LogP contribution in [0.2, 0.25) is 0 Å². The summed E-state index contributed by atoms with van der Waals surface area (Å²) >= 11 is 0. The molecule has 0 saturated heterocycles. The molecule has 0 aromatic heterocycles. The lowest BCUT2D eigenvalue weighted by atomic mass is 9.98. The number of nitrogen functional groups attached to an aromatic ring is 1. The van der Waals surface area contributed by atoms with Gasteiger partial charge in [-0.3, -0.25) is 4.79 Å². The molecule has 0 aliphatic carbocycles. The van der Waals surface area contributed by atoms with E-state index in [0.717, 1.165) is 5.56 Å². The summed E-state index contributed by atoms with van der Waals surface area (Å²) in [5, 5.41) is 2.87. The topological polar surface area (TPSA) is 84.7 Å². The molecule has 0 spiro atoms. The van der Waals surface area contributed by atoms with Crippen molar-refractivity contribution >= 4 is 40.3 Å². The molecule has 3 aromatic rings. The first-order chi connectivity index (χ1) is 14.5. The van der Waals surface area contributed by atoms with Crippen molar-refractivity contribution in [2.75, 3.05) is 23.1 Å². The highest BCUT2D eigenvalue weighted by Gasteiger charge is 2.34. The van der Waals surface area contributed by atoms with E-state index in [2.05, 4.69) is 5.32 Å². The standard InChI is InChI=1S/C24H21N3O3/c1-15-7-6-10-18(13-15)27(24(29)30-2)22(16-8-4-3-5-9-16)21-19-14-17(25)11-12-20(19)26-23(21)28/h3-14H,25H2,1-2H3,(H,26,28)/b22-21-. The Balaban J connectivity index is 2.07. The smallest absolute Gasteiger partial charge is 0.418 e. The number of methoxy groups -OCH3 is 1. The number of nitrogens with one attached hydrogen (secondary N) is 1. The second-order valence-electron chi connectivity index (χ2n) is 6.99. The van der Waals surface area contributed by atoms with Crippen LogP contribution in [0.1, 0.15) is 16.7 Å². The monoisotopic (exact) mass is 399 g/mol. The zero-order chi connectivity index (χ0) is 21.3. The molecular formula is C24H21N3O3. The third-order valence-electron chi connectivity index (χ3n) is 4.91. The van der Waals surface area contributed by atoms with Crippen molar-refractivity contribution in [1.29, 1.82) is 0 Å². The Morgan fingerprint density at radius 2 is 1.77 bits per heavy atom. The van der Waals surface area contributed by atoms with Crippen molar-refractivity contribution in [3.05, 3.63) is 89.5 Å². The zero-order valence-electron chi connectivity index (χ0n) is 16.7. The largest absolute Gasteiger partial charge is 0.452 e. The molecule has 3 N–H and O–H groups in total. The van der Waals surface area contributed by atoms with Crippen LogP contribution in [0.5, 0.6) is 0 Å². The summed E-state index contributed by atoms with van der Waals surface area (Å²) < 4.78 is 5.11. The number of benzene rings is 3. The van der Waals surface area contributed by atoms with Gasteiger partial charge in [0.05, 0.1) is 24.1 Å². The first-order valence-corrected chi connectivity index (χ1v) is 9.45. The summed E-state index contributed by atoms with van der Waals surface area (Å²) in [4.78, 5) is 27.5. The van der Waals surface area contributed by atoms with Crippen molar-refractivity contribution < 1.29 is 14.3 Å². The lowest BCUT2D eigenvalue weighted by Gasteiger charge is -2.26. The number of ether oxygens (including phenoxy) is 1. The first kappa shape index (κ1) is 19.3. The van der Waals surface area contributed by atoms with E-state index < -0.39 is 6.09 Å². The fourth-order valence-corrected chi connectivity index (χ4v) is 3.59. The highest BCUT2D eigenvalue weighted by Crippen LogP contribution is 2.41. The number of aryl methyl sites for hydroxylation is 1. The van der Waals surface area contributed by atoms with Gasteiger partial charge in [0.1, 0.15) is 0 Å². The van der Waals surface area contributed by atoms with Crippen LogP contribution in [0.25, 0.3) is 11.3 Å². The van der Waals surface area contributed by atoms with Crippen LogP contribution in [-0.2, 0) is 9.53 Å². The van der Waals surface area contributed by atoms with Crippen molar-refractivity contribution in [1.82, 2.24) is 0 Å². The number of nitrogens with zero attached hydrogens (tertiary/aromatic N) is 1. The van der Waals surface area contributed by atoms with Crippen LogP contribution in [0, 0.1) is 6.92 Å². The Bertz CT molecular complexity index is 1170. The van der Waals surface area contributed by atoms with Crippen LogP contribution >= 0.6 is 0 Å². The molecule has 0 bridgehead atoms. The number of anilines is 3. The van der Waals surface area contributed by atoms with Crippen molar-refractivity contribution in [3.63, 3.8) is 0 Å². The number of amides is 2. The predicted molar refractivity (Wildman–Crippen MR) is 119 cm³/mol. The van der Waals surface area contributed by atoms with Gasteiger partial charge in [0.2, 0.25) is 0 Å². The molecule has 0 saturated carbocycles. The van der Waals surface area contributed by atoms with Gasteiger partial charge in [0, 0.05) is 16.9 Å². The Hall–Kier alpha value is -4.06. The quantitative estimate of drug-likeness (QED) is 0.495. The van der Waals surface area contributed by atoms with Gasteiger partial charge in [-0.2, -0.15) is 0 Å². The fourth-order valence-electron chi connectivity index (χ4n) is 3.59. The van der Waals surface area contributed by atoms with E-state index in [0.29, 0.717) is 39.5 Å². The average molecular weight is 399 g/mol. The molecule has 0 fully saturated rings. The zero-order valence-corrected chi connectivity index (χ0v) is 16.7. The Labute approximate surface area is 174 Å². The molecule has 3 aromatic carbocycles. The van der Waals surface area contributed by atoms with Crippen LogP contribution in [0.3, 0.4) is 0 Å². The Morgan fingerprint density at radius 1 is 1.00 bits per heavy atom. The number of carbonyl (C=O) groups excluding carboxylic acids is 2. The molecule has 6 heteroatoms. The van der Waals surface area contributed by atoms with Gasteiger partial charge < -0.3 is 15.8 Å². The van der Waals surface area contributed by atoms with E-state index in [-0.39, 0.29) is 5.91 Å². The van der Waals surface area contributed by atoms with Crippen LogP contribution in [-0.4, -0.2) is 19.1 Å². The molecule has 1 aliphatic heterocycles. The molecule has 4 rings (SSSR count). The Morgan fingerprint density at radius 3 is 2.47 bits per heavy atom. The van der Waals surface area contributed by atoms with E-state index >= 15 is 0 Å². The van der Waals surface area contributed by atoms with Crippen molar-refractivity contribution in [2.24, 2.45) is 0 Å². The minimum absolute atomic E-state index is 0.309. The van der Waals surface area contributed by atoms with Gasteiger partial charge in [-0.25, -0.2) is 9.69 Å². The van der Waals surface area contributed by atoms with E-state index in [1.165, 1.54) is 12.0 Å². The summed E-state index contributed by atoms with van der Waals surface area (Å²) in [6, 6.07) is 22.0. The van der Waals surface area contributed by atoms with Crippen molar-refractivity contribution in [3.8, 4) is 0 Å². The number of carbonyl (C=O) groups is 2. The second-order valence-corrected chi connectivity index (χ2v) is 6.99. The molecule has 0 unspecified atom stereocenters. The van der Waals surface area contributed by atoms with Gasteiger partial charge in [0.15, 0.2) is 0 Å². The maximum absolute atomic E-state index is 13.1. The van der Waals surface area contributed by atoms with Gasteiger partial charge in [-0.15, -0.1) is 0 Å². The molecule has 6 nitrogen and oxygen atoms in total. The molecule has 1 aliphatic rings. The molecule has 150 valence electrons. The minimum atomic E-state index is -0.600. The lowest BCUT2D eigenvalue weighted by molar-refractivity contribution is -0.110. The number of hydrogen-bond acceptors (Lipinski definition) is 4. The highest BCUT2D eigenvalue weighted by atomic mass is 16.5. The molecule has 30 heavy (non-hydrogen) atoms. The van der Waals surface area contributed by atoms with E-state index in [9.17, 15) is 9.59 Å². The summed E-state index contributed by atoms with van der Waals surface area (Å²) in [5.74, 6) is -0.309. The maximum Gasteiger partial charge on any atom is 0.418 e. The summed E-state index contributed by atoms with van der Waals surface area (Å²) in [6.45, 7) is 1.94. The van der Waals surface area contributed by atoms with E-state index in [1.54, 1.807) is 24.3 Å². The number of hydrogen-bond donors (Lipinski definition) is 2. The highest BCUT2D eigenvalue weighted by molar-refractivity contribution is 6.39. The van der Waals surface area contributed by atoms with Crippen LogP contribution in [0.15, 0.2) is 72.8 Å². The third kappa shape index (κ3) is 3.39. The summed E-state index contributed by atoms with van der Waals surface area (Å²) in [7, 11) is 1.32. The van der Waals surface area contributed by atoms with Gasteiger partial charge in [-0.05, 0) is 48.4 Å². The number of fused-ring (bicyclic) bond motifs is 1. The van der Waals surface area contributed by atoms with Crippen LogP contribution in [0.4, 0.5) is 21.9 Å². The van der Waals surface area contributed by atoms with Gasteiger partial charge in [0.25, 0.3) is 5.91 Å². The number of nitrogens with two attached hydrogens (primary N) is 1. The average Bonchev–Trinajstić information content (AvgIpc) is 3.06. The number of rotatable bonds is 3. The van der Waals surface area contributed by atoms with Crippen LogP contribution < -0.4 is 16.0 Å². The van der Waals surface area contributed by atoms with Gasteiger partial charge in [-0.1, -0.05) is 42.5 Å². The fraction of sp³-hybridized carbons (Fsp3) is 0.0833. The molecule has 0 atom stereocenters. The third-order valence-corrected chi connectivity index (χ3v) is 4.91. The predicted octanol–water partition coefficient (Wildman–Crippen LogP) is 4.67. The van der Waals surface area contributed by atoms with Gasteiger partial charge >= 0.3 is 6.09 Å². The summed E-state index contributed by atoms with van der Waals surface area (Å²) in [6.07, 6.45) is -0.600. The molecule has 1 heterocycles. The lowest BCUT2D eigenvalue weighted by Crippen LogP contribution is -2.31. The maximum atomic E-state index is 13.1. The molecular weight excluding hydrogens is 378 g/mol. The first-order valence-electron chi connectivity index (χ1n) is 9.45. The molecule has 2 amide bonds. The summed E-state index contributed by atoms with van der Waals surface area (Å²) in [5.41, 5.74) is 10.9.